The molecule has 2 aromatic carbocycles. The maximum atomic E-state index is 3.85. The van der Waals surface area contributed by atoms with Crippen molar-refractivity contribution in [2.75, 3.05) is 0 Å². The summed E-state index contributed by atoms with van der Waals surface area (Å²) < 4.78 is 0. The monoisotopic (exact) mass is 265 g/mol. The van der Waals surface area contributed by atoms with E-state index in [0.717, 1.165) is 5.92 Å². The maximum Gasteiger partial charge on any atom is 0.0353 e. The molecule has 1 unspecified atom stereocenters. The Morgan fingerprint density at radius 3 is 2.25 bits per heavy atom. The van der Waals surface area contributed by atoms with E-state index in [0.29, 0.717) is 12.1 Å². The molecule has 0 spiro atoms. The fourth-order valence-corrected chi connectivity index (χ4v) is 3.03. The standard InChI is InChI=1S/C19H23N/c1-14-8-6-7-11-18(14)15(2)20-19(17-12-13-17)16-9-4-3-5-10-16/h3-11,15,17,19-20H,12-13H2,1-2H3/t15-,19?/m1/s1. The van der Waals surface area contributed by atoms with Crippen LogP contribution in [0.15, 0.2) is 54.6 Å². The van der Waals surface area contributed by atoms with Gasteiger partial charge in [0.2, 0.25) is 0 Å². The van der Waals surface area contributed by atoms with Crippen molar-refractivity contribution in [1.29, 1.82) is 0 Å². The fourth-order valence-electron chi connectivity index (χ4n) is 3.03. The molecule has 1 nitrogen and oxygen atoms in total. The van der Waals surface area contributed by atoms with E-state index in [9.17, 15) is 0 Å². The van der Waals surface area contributed by atoms with Gasteiger partial charge in [0.1, 0.15) is 0 Å². The zero-order chi connectivity index (χ0) is 13.9. The topological polar surface area (TPSA) is 12.0 Å². The number of hydrogen-bond donors (Lipinski definition) is 1. The first-order valence-corrected chi connectivity index (χ1v) is 7.62. The summed E-state index contributed by atoms with van der Waals surface area (Å²) in [5, 5.41) is 3.85. The third kappa shape index (κ3) is 2.94. The van der Waals surface area contributed by atoms with Crippen LogP contribution >= 0.6 is 0 Å². The molecule has 20 heavy (non-hydrogen) atoms. The first kappa shape index (κ1) is 13.4. The van der Waals surface area contributed by atoms with Gasteiger partial charge in [-0.15, -0.1) is 0 Å². The molecule has 1 aliphatic rings. The van der Waals surface area contributed by atoms with Crippen molar-refractivity contribution in [1.82, 2.24) is 5.32 Å². The average molecular weight is 265 g/mol. The van der Waals surface area contributed by atoms with Crippen molar-refractivity contribution in [3.8, 4) is 0 Å². The third-order valence-electron chi connectivity index (χ3n) is 4.34. The Bertz CT molecular complexity index is 557. The Morgan fingerprint density at radius 1 is 0.950 bits per heavy atom. The van der Waals surface area contributed by atoms with Gasteiger partial charge in [-0.1, -0.05) is 54.6 Å². The second kappa shape index (κ2) is 5.80. The Kier molecular flexibility index (Phi) is 3.88. The van der Waals surface area contributed by atoms with Crippen molar-refractivity contribution in [3.05, 3.63) is 71.3 Å². The fraction of sp³-hybridized carbons (Fsp3) is 0.368. The van der Waals surface area contributed by atoms with E-state index < -0.39 is 0 Å². The number of benzene rings is 2. The molecule has 0 aliphatic heterocycles. The molecule has 1 fully saturated rings. The first-order valence-electron chi connectivity index (χ1n) is 7.62. The molecule has 0 amide bonds. The summed E-state index contributed by atoms with van der Waals surface area (Å²) in [6.45, 7) is 4.48. The predicted molar refractivity (Wildman–Crippen MR) is 84.6 cm³/mol. The van der Waals surface area contributed by atoms with Crippen molar-refractivity contribution >= 4 is 0 Å². The highest BCUT2D eigenvalue weighted by Gasteiger charge is 2.33. The van der Waals surface area contributed by atoms with E-state index in [2.05, 4.69) is 73.8 Å². The van der Waals surface area contributed by atoms with E-state index in [-0.39, 0.29) is 0 Å². The predicted octanol–water partition coefficient (Wildman–Crippen LogP) is 4.80. The molecule has 0 bridgehead atoms. The van der Waals surface area contributed by atoms with Gasteiger partial charge in [-0.3, -0.25) is 0 Å². The van der Waals surface area contributed by atoms with Gasteiger partial charge in [0.25, 0.3) is 0 Å². The van der Waals surface area contributed by atoms with E-state index in [1.165, 1.54) is 29.5 Å². The van der Waals surface area contributed by atoms with Gasteiger partial charge in [-0.2, -0.15) is 0 Å². The third-order valence-corrected chi connectivity index (χ3v) is 4.34. The molecular weight excluding hydrogens is 242 g/mol. The first-order chi connectivity index (χ1) is 9.75. The molecular formula is C19H23N. The van der Waals surface area contributed by atoms with E-state index in [1.54, 1.807) is 0 Å². The largest absolute Gasteiger partial charge is 0.303 e. The van der Waals surface area contributed by atoms with Crippen LogP contribution in [-0.4, -0.2) is 0 Å². The average Bonchev–Trinajstić information content (AvgIpc) is 3.30. The Labute approximate surface area is 122 Å². The van der Waals surface area contributed by atoms with E-state index in [1.807, 2.05) is 0 Å². The van der Waals surface area contributed by atoms with Crippen LogP contribution in [0.1, 0.15) is 48.5 Å². The highest BCUT2D eigenvalue weighted by molar-refractivity contribution is 5.29. The lowest BCUT2D eigenvalue weighted by atomic mass is 9.98. The van der Waals surface area contributed by atoms with E-state index >= 15 is 0 Å². The minimum Gasteiger partial charge on any atom is -0.303 e. The smallest absolute Gasteiger partial charge is 0.0353 e. The molecule has 0 radical (unpaired) electrons. The van der Waals surface area contributed by atoms with Crippen molar-refractivity contribution in [3.63, 3.8) is 0 Å². The van der Waals surface area contributed by atoms with Crippen LogP contribution in [0.25, 0.3) is 0 Å². The second-order valence-corrected chi connectivity index (χ2v) is 5.97. The SMILES string of the molecule is Cc1ccccc1[C@@H](C)NC(c1ccccc1)C1CC1. The van der Waals surface area contributed by atoms with Gasteiger partial charge >= 0.3 is 0 Å². The summed E-state index contributed by atoms with van der Waals surface area (Å²) >= 11 is 0. The summed E-state index contributed by atoms with van der Waals surface area (Å²) in [6, 6.07) is 20.4. The van der Waals surface area contributed by atoms with Gasteiger partial charge in [0, 0.05) is 12.1 Å². The Balaban J connectivity index is 1.79. The summed E-state index contributed by atoms with van der Waals surface area (Å²) in [5.74, 6) is 0.809. The number of rotatable bonds is 5. The minimum absolute atomic E-state index is 0.391. The molecule has 1 heteroatoms. The lowest BCUT2D eigenvalue weighted by molar-refractivity contribution is 0.426. The molecule has 2 aromatic rings. The van der Waals surface area contributed by atoms with Crippen molar-refractivity contribution in [2.45, 2.75) is 38.8 Å². The zero-order valence-electron chi connectivity index (χ0n) is 12.3. The normalized spacial score (nSPS) is 17.7. The van der Waals surface area contributed by atoms with Gasteiger partial charge in [0.05, 0.1) is 0 Å². The molecule has 3 rings (SSSR count). The maximum absolute atomic E-state index is 3.85. The van der Waals surface area contributed by atoms with Crippen LogP contribution in [-0.2, 0) is 0 Å². The highest BCUT2D eigenvalue weighted by atomic mass is 15.0. The number of hydrogen-bond acceptors (Lipinski definition) is 1. The quantitative estimate of drug-likeness (QED) is 0.819. The summed E-state index contributed by atoms with van der Waals surface area (Å²) in [5.41, 5.74) is 4.21. The molecule has 0 saturated heterocycles. The Hall–Kier alpha value is -1.60. The van der Waals surface area contributed by atoms with Crippen LogP contribution in [0, 0.1) is 12.8 Å². The van der Waals surface area contributed by atoms with Crippen LogP contribution in [0.2, 0.25) is 0 Å². The van der Waals surface area contributed by atoms with Crippen LogP contribution in [0.3, 0.4) is 0 Å². The highest BCUT2D eigenvalue weighted by Crippen LogP contribution is 2.42. The minimum atomic E-state index is 0.391. The molecule has 1 aliphatic carbocycles. The second-order valence-electron chi connectivity index (χ2n) is 5.97. The van der Waals surface area contributed by atoms with Gasteiger partial charge < -0.3 is 5.32 Å². The molecule has 1 N–H and O–H groups in total. The summed E-state index contributed by atoms with van der Waals surface area (Å²) in [7, 11) is 0. The lowest BCUT2D eigenvalue weighted by Crippen LogP contribution is -2.26. The summed E-state index contributed by atoms with van der Waals surface area (Å²) in [6.07, 6.45) is 2.71. The van der Waals surface area contributed by atoms with Gasteiger partial charge in [-0.25, -0.2) is 0 Å². The molecule has 0 heterocycles. The van der Waals surface area contributed by atoms with Crippen LogP contribution in [0.4, 0.5) is 0 Å². The summed E-state index contributed by atoms with van der Waals surface area (Å²) in [4.78, 5) is 0. The van der Waals surface area contributed by atoms with Crippen LogP contribution in [0.5, 0.6) is 0 Å². The number of nitrogens with one attached hydrogen (secondary N) is 1. The zero-order valence-corrected chi connectivity index (χ0v) is 12.3. The van der Waals surface area contributed by atoms with Crippen molar-refractivity contribution < 1.29 is 0 Å². The van der Waals surface area contributed by atoms with Gasteiger partial charge in [0.15, 0.2) is 0 Å². The van der Waals surface area contributed by atoms with Crippen molar-refractivity contribution in [2.24, 2.45) is 5.92 Å². The molecule has 2 atom stereocenters. The molecule has 1 saturated carbocycles. The Morgan fingerprint density at radius 2 is 1.60 bits per heavy atom. The lowest BCUT2D eigenvalue weighted by Gasteiger charge is -2.25. The van der Waals surface area contributed by atoms with Crippen LogP contribution < -0.4 is 5.32 Å². The molecule has 104 valence electrons. The van der Waals surface area contributed by atoms with E-state index in [4.69, 9.17) is 0 Å². The van der Waals surface area contributed by atoms with Gasteiger partial charge in [-0.05, 0) is 49.3 Å². The number of aryl methyl sites for hydroxylation is 1. The molecule has 0 aromatic heterocycles.